The molecular formula is C17H26ClN3O2. The van der Waals surface area contributed by atoms with Gasteiger partial charge in [0.15, 0.2) is 0 Å². The molecule has 1 aromatic carbocycles. The first-order chi connectivity index (χ1) is 10.9. The number of hydrogen-bond donors (Lipinski definition) is 2. The normalized spacial score (nSPS) is 21.1. The maximum absolute atomic E-state index is 12.1. The van der Waals surface area contributed by atoms with E-state index in [4.69, 9.17) is 11.6 Å². The fourth-order valence-corrected chi connectivity index (χ4v) is 3.14. The molecule has 0 unspecified atom stereocenters. The van der Waals surface area contributed by atoms with Crippen LogP contribution in [0.4, 0.5) is 0 Å². The van der Waals surface area contributed by atoms with Crippen LogP contribution in [-0.2, 0) is 11.3 Å². The summed E-state index contributed by atoms with van der Waals surface area (Å²) in [5.41, 5.74) is 1.00. The van der Waals surface area contributed by atoms with E-state index in [2.05, 4.69) is 22.0 Å². The zero-order chi connectivity index (χ0) is 16.8. The summed E-state index contributed by atoms with van der Waals surface area (Å²) in [4.78, 5) is 16.5. The summed E-state index contributed by atoms with van der Waals surface area (Å²) in [5, 5.41) is 13.1. The molecule has 1 aliphatic heterocycles. The number of β-amino-alcohol motifs (C(OH)–C–C–N with tert-alkyl or cyclic N) is 1. The summed E-state index contributed by atoms with van der Waals surface area (Å²) < 4.78 is 0. The number of piperazine rings is 1. The van der Waals surface area contributed by atoms with Gasteiger partial charge in [0.1, 0.15) is 0 Å². The van der Waals surface area contributed by atoms with E-state index < -0.39 is 0 Å². The molecule has 1 aliphatic rings. The third-order valence-corrected chi connectivity index (χ3v) is 4.33. The van der Waals surface area contributed by atoms with E-state index in [1.165, 1.54) is 0 Å². The highest BCUT2D eigenvalue weighted by atomic mass is 35.5. The van der Waals surface area contributed by atoms with Crippen LogP contribution in [0.2, 0.25) is 5.02 Å². The quantitative estimate of drug-likeness (QED) is 0.821. The van der Waals surface area contributed by atoms with Gasteiger partial charge < -0.3 is 10.4 Å². The number of nitrogens with zero attached hydrogens (tertiary/aromatic N) is 2. The van der Waals surface area contributed by atoms with E-state index in [0.717, 1.165) is 25.2 Å². The lowest BCUT2D eigenvalue weighted by molar-refractivity contribution is -0.123. The Morgan fingerprint density at radius 3 is 2.91 bits per heavy atom. The van der Waals surface area contributed by atoms with Crippen LogP contribution in [0.3, 0.4) is 0 Å². The third kappa shape index (κ3) is 6.11. The number of aliphatic hydroxyl groups excluding tert-OH is 1. The first kappa shape index (κ1) is 18.2. The van der Waals surface area contributed by atoms with Gasteiger partial charge in [-0.1, -0.05) is 23.7 Å². The molecule has 0 aliphatic carbocycles. The number of carbonyl (C=O) groups excluding carboxylic acids is 1. The van der Waals surface area contributed by atoms with Crippen molar-refractivity contribution >= 4 is 17.5 Å². The number of benzene rings is 1. The Hall–Kier alpha value is -1.14. The van der Waals surface area contributed by atoms with Crippen LogP contribution in [0.25, 0.3) is 0 Å². The molecule has 128 valence electrons. The summed E-state index contributed by atoms with van der Waals surface area (Å²) in [6.45, 7) is 8.12. The third-order valence-electron chi connectivity index (χ3n) is 4.09. The molecule has 0 spiro atoms. The Balaban J connectivity index is 1.74. The monoisotopic (exact) mass is 339 g/mol. The van der Waals surface area contributed by atoms with Gasteiger partial charge in [-0.2, -0.15) is 0 Å². The van der Waals surface area contributed by atoms with E-state index >= 15 is 0 Å². The highest BCUT2D eigenvalue weighted by Gasteiger charge is 2.25. The van der Waals surface area contributed by atoms with Crippen molar-refractivity contribution in [1.82, 2.24) is 15.1 Å². The largest absolute Gasteiger partial charge is 0.392 e. The van der Waals surface area contributed by atoms with Crippen LogP contribution in [0.15, 0.2) is 24.3 Å². The van der Waals surface area contributed by atoms with Crippen molar-refractivity contribution in [3.63, 3.8) is 0 Å². The fraction of sp³-hybridized carbons (Fsp3) is 0.588. The van der Waals surface area contributed by atoms with Crippen LogP contribution < -0.4 is 5.32 Å². The number of amides is 1. The van der Waals surface area contributed by atoms with Gasteiger partial charge >= 0.3 is 0 Å². The molecule has 1 aromatic rings. The molecule has 2 N–H and O–H groups in total. The molecule has 2 rings (SSSR count). The maximum Gasteiger partial charge on any atom is 0.234 e. The average Bonchev–Trinajstić information content (AvgIpc) is 2.48. The maximum atomic E-state index is 12.1. The van der Waals surface area contributed by atoms with Crippen LogP contribution in [-0.4, -0.2) is 65.7 Å². The highest BCUT2D eigenvalue weighted by molar-refractivity contribution is 6.30. The van der Waals surface area contributed by atoms with Crippen molar-refractivity contribution in [3.8, 4) is 0 Å². The van der Waals surface area contributed by atoms with Gasteiger partial charge in [0, 0.05) is 43.8 Å². The second kappa shape index (κ2) is 8.64. The van der Waals surface area contributed by atoms with Crippen LogP contribution in [0, 0.1) is 0 Å². The molecule has 0 radical (unpaired) electrons. The fourth-order valence-electron chi connectivity index (χ4n) is 2.93. The molecule has 0 saturated carbocycles. The molecule has 23 heavy (non-hydrogen) atoms. The Kier molecular flexibility index (Phi) is 6.84. The smallest absolute Gasteiger partial charge is 0.234 e. The number of carbonyl (C=O) groups is 1. The predicted molar refractivity (Wildman–Crippen MR) is 92.5 cm³/mol. The van der Waals surface area contributed by atoms with E-state index in [9.17, 15) is 9.90 Å². The van der Waals surface area contributed by atoms with Gasteiger partial charge in [-0.25, -0.2) is 0 Å². The van der Waals surface area contributed by atoms with Crippen LogP contribution >= 0.6 is 11.6 Å². The minimum Gasteiger partial charge on any atom is -0.392 e. The molecule has 6 heteroatoms. The number of halogens is 1. The lowest BCUT2D eigenvalue weighted by atomic mass is 10.1. The summed E-state index contributed by atoms with van der Waals surface area (Å²) in [7, 11) is 0. The van der Waals surface area contributed by atoms with Crippen LogP contribution in [0.5, 0.6) is 0 Å². The summed E-state index contributed by atoms with van der Waals surface area (Å²) in [6.07, 6.45) is -0.315. The van der Waals surface area contributed by atoms with Crippen molar-refractivity contribution in [2.75, 3.05) is 32.7 Å². The molecule has 2 atom stereocenters. The molecule has 0 bridgehead atoms. The van der Waals surface area contributed by atoms with E-state index in [1.807, 2.05) is 31.2 Å². The van der Waals surface area contributed by atoms with Gasteiger partial charge in [0.05, 0.1) is 12.6 Å². The zero-order valence-corrected chi connectivity index (χ0v) is 14.6. The second-order valence-corrected chi connectivity index (χ2v) is 6.77. The first-order valence-electron chi connectivity index (χ1n) is 8.09. The van der Waals surface area contributed by atoms with Gasteiger partial charge in [-0.15, -0.1) is 0 Å². The number of rotatable bonds is 6. The Bertz CT molecular complexity index is 524. The number of nitrogens with one attached hydrogen (secondary N) is 1. The Morgan fingerprint density at radius 2 is 2.26 bits per heavy atom. The predicted octanol–water partition coefficient (Wildman–Crippen LogP) is 1.34. The highest BCUT2D eigenvalue weighted by Crippen LogP contribution is 2.11. The number of hydrogen-bond acceptors (Lipinski definition) is 4. The van der Waals surface area contributed by atoms with E-state index in [0.29, 0.717) is 30.7 Å². The van der Waals surface area contributed by atoms with Gasteiger partial charge in [-0.05, 0) is 31.5 Å². The van der Waals surface area contributed by atoms with Crippen LogP contribution in [0.1, 0.15) is 19.4 Å². The lowest BCUT2D eigenvalue weighted by Crippen LogP contribution is -2.55. The molecule has 0 aromatic heterocycles. The van der Waals surface area contributed by atoms with Gasteiger partial charge in [0.2, 0.25) is 5.91 Å². The minimum atomic E-state index is -0.315. The lowest BCUT2D eigenvalue weighted by Gasteiger charge is -2.40. The van der Waals surface area contributed by atoms with Crippen molar-refractivity contribution in [2.24, 2.45) is 0 Å². The standard InChI is InChI=1S/C17H26ClN3O2/c1-13-10-20(6-7-21(13)11-14(2)22)12-17(23)19-9-15-4-3-5-16(18)8-15/h3-5,8,13-14,22H,6-7,9-12H2,1-2H3,(H,19,23)/t13-,14+/m1/s1. The molecule has 5 nitrogen and oxygen atoms in total. The second-order valence-electron chi connectivity index (χ2n) is 6.33. The van der Waals surface area contributed by atoms with E-state index in [-0.39, 0.29) is 12.0 Å². The average molecular weight is 340 g/mol. The molecule has 1 saturated heterocycles. The van der Waals surface area contributed by atoms with Gasteiger partial charge in [-0.3, -0.25) is 14.6 Å². The SMILES string of the molecule is C[C@H](O)CN1CCN(CC(=O)NCc2cccc(Cl)c2)C[C@H]1C. The van der Waals surface area contributed by atoms with Crippen molar-refractivity contribution < 1.29 is 9.90 Å². The minimum absolute atomic E-state index is 0.0288. The number of aliphatic hydroxyl groups is 1. The first-order valence-corrected chi connectivity index (χ1v) is 8.47. The Labute approximate surface area is 143 Å². The zero-order valence-electron chi connectivity index (χ0n) is 13.8. The summed E-state index contributed by atoms with van der Waals surface area (Å²) >= 11 is 5.94. The summed E-state index contributed by atoms with van der Waals surface area (Å²) in [6, 6.07) is 7.86. The van der Waals surface area contributed by atoms with Crippen molar-refractivity contribution in [1.29, 1.82) is 0 Å². The van der Waals surface area contributed by atoms with E-state index in [1.54, 1.807) is 0 Å². The molecular weight excluding hydrogens is 314 g/mol. The molecule has 1 amide bonds. The Morgan fingerprint density at radius 1 is 1.48 bits per heavy atom. The summed E-state index contributed by atoms with van der Waals surface area (Å²) in [5.74, 6) is 0.0288. The van der Waals surface area contributed by atoms with Crippen molar-refractivity contribution in [3.05, 3.63) is 34.9 Å². The van der Waals surface area contributed by atoms with Crippen molar-refractivity contribution in [2.45, 2.75) is 32.5 Å². The molecule has 1 fully saturated rings. The molecule has 1 heterocycles. The van der Waals surface area contributed by atoms with Gasteiger partial charge in [0.25, 0.3) is 0 Å². The topological polar surface area (TPSA) is 55.8 Å².